The number of thiazole rings is 1. The molecule has 0 N–H and O–H groups in total. The van der Waals surface area contributed by atoms with Gasteiger partial charge in [0.25, 0.3) is 11.6 Å². The molecule has 0 radical (unpaired) electrons. The van der Waals surface area contributed by atoms with Crippen molar-refractivity contribution in [1.29, 1.82) is 0 Å². The van der Waals surface area contributed by atoms with Gasteiger partial charge in [0.15, 0.2) is 0 Å². The second-order valence-electron chi connectivity index (χ2n) is 4.97. The topological polar surface area (TPSA) is 85.6 Å². The molecule has 0 saturated carbocycles. The summed E-state index contributed by atoms with van der Waals surface area (Å²) in [6, 6.07) is 5.93. The van der Waals surface area contributed by atoms with Crippen LogP contribution in [0, 0.1) is 17.0 Å². The number of rotatable bonds is 4. The van der Waals surface area contributed by atoms with E-state index in [1.807, 2.05) is 6.92 Å². The monoisotopic (exact) mass is 319 g/mol. The molecule has 1 aliphatic rings. The number of nitrogens with zero attached hydrogens (tertiary/aromatic N) is 3. The van der Waals surface area contributed by atoms with Crippen molar-refractivity contribution in [2.24, 2.45) is 0 Å². The number of benzene rings is 1. The highest BCUT2D eigenvalue weighted by Crippen LogP contribution is 2.24. The van der Waals surface area contributed by atoms with E-state index in [0.717, 1.165) is 5.69 Å². The van der Waals surface area contributed by atoms with Crippen LogP contribution < -0.4 is 4.74 Å². The molecule has 7 nitrogen and oxygen atoms in total. The van der Waals surface area contributed by atoms with E-state index in [4.69, 9.17) is 4.74 Å². The van der Waals surface area contributed by atoms with Gasteiger partial charge in [0.1, 0.15) is 16.7 Å². The number of hydrogen-bond donors (Lipinski definition) is 0. The molecule has 3 rings (SSSR count). The van der Waals surface area contributed by atoms with Crippen molar-refractivity contribution in [3.8, 4) is 5.75 Å². The number of nitro groups is 1. The molecular weight excluding hydrogens is 306 g/mol. The van der Waals surface area contributed by atoms with Crippen molar-refractivity contribution in [2.75, 3.05) is 13.1 Å². The smallest absolute Gasteiger partial charge is 0.269 e. The van der Waals surface area contributed by atoms with Crippen LogP contribution in [0.3, 0.4) is 0 Å². The highest BCUT2D eigenvalue weighted by Gasteiger charge is 2.34. The van der Waals surface area contributed by atoms with Crippen LogP contribution in [0.2, 0.25) is 0 Å². The lowest BCUT2D eigenvalue weighted by molar-refractivity contribution is -0.384. The van der Waals surface area contributed by atoms with Gasteiger partial charge in [-0.3, -0.25) is 14.9 Å². The van der Waals surface area contributed by atoms with E-state index in [9.17, 15) is 14.9 Å². The normalized spacial score (nSPS) is 14.5. The third-order valence-electron chi connectivity index (χ3n) is 3.43. The molecule has 2 aromatic rings. The number of carbonyl (C=O) groups excluding carboxylic acids is 1. The molecule has 1 amide bonds. The average Bonchev–Trinajstić information content (AvgIpc) is 2.88. The Morgan fingerprint density at radius 3 is 2.64 bits per heavy atom. The molecule has 114 valence electrons. The Labute approximate surface area is 130 Å². The Hall–Kier alpha value is -2.48. The number of ether oxygens (including phenoxy) is 1. The molecule has 8 heteroatoms. The van der Waals surface area contributed by atoms with Gasteiger partial charge < -0.3 is 9.64 Å². The van der Waals surface area contributed by atoms with E-state index in [1.165, 1.54) is 23.5 Å². The third-order valence-corrected chi connectivity index (χ3v) is 4.34. The number of aryl methyl sites for hydroxylation is 1. The second-order valence-corrected chi connectivity index (χ2v) is 5.82. The summed E-state index contributed by atoms with van der Waals surface area (Å²) < 4.78 is 5.68. The summed E-state index contributed by atoms with van der Waals surface area (Å²) >= 11 is 1.34. The molecule has 2 heterocycles. The van der Waals surface area contributed by atoms with Gasteiger partial charge in [-0.25, -0.2) is 4.98 Å². The zero-order valence-electron chi connectivity index (χ0n) is 11.8. The van der Waals surface area contributed by atoms with Crippen LogP contribution in [-0.4, -0.2) is 39.9 Å². The quantitative estimate of drug-likeness (QED) is 0.637. The third kappa shape index (κ3) is 2.77. The van der Waals surface area contributed by atoms with E-state index in [2.05, 4.69) is 4.98 Å². The number of amides is 1. The predicted molar refractivity (Wildman–Crippen MR) is 80.3 cm³/mol. The van der Waals surface area contributed by atoms with E-state index in [1.54, 1.807) is 22.5 Å². The largest absolute Gasteiger partial charge is 0.487 e. The van der Waals surface area contributed by atoms with Gasteiger partial charge in [-0.2, -0.15) is 0 Å². The van der Waals surface area contributed by atoms with Crippen LogP contribution >= 0.6 is 11.3 Å². The molecular formula is C14H13N3O4S. The SMILES string of the molecule is Cc1ncsc1C(=O)N1CC(Oc2ccc([N+](=O)[O-])cc2)C1. The Kier molecular flexibility index (Phi) is 3.76. The standard InChI is InChI=1S/C14H13N3O4S/c1-9-13(22-8-15-9)14(18)16-6-12(7-16)21-11-4-2-10(3-5-11)17(19)20/h2-5,8,12H,6-7H2,1H3. The first kappa shape index (κ1) is 14.5. The molecule has 1 aromatic heterocycles. The molecule has 1 fully saturated rings. The number of non-ortho nitro benzene ring substituents is 1. The van der Waals surface area contributed by atoms with Gasteiger partial charge in [0.05, 0.1) is 29.2 Å². The fourth-order valence-electron chi connectivity index (χ4n) is 2.17. The summed E-state index contributed by atoms with van der Waals surface area (Å²) in [5.41, 5.74) is 2.43. The van der Waals surface area contributed by atoms with Crippen LogP contribution in [-0.2, 0) is 0 Å². The van der Waals surface area contributed by atoms with Gasteiger partial charge in [0, 0.05) is 12.1 Å². The first-order chi connectivity index (χ1) is 10.5. The molecule has 0 atom stereocenters. The van der Waals surface area contributed by atoms with Crippen molar-refractivity contribution >= 4 is 22.9 Å². The maximum atomic E-state index is 12.2. The predicted octanol–water partition coefficient (Wildman–Crippen LogP) is 2.26. The van der Waals surface area contributed by atoms with Gasteiger partial charge >= 0.3 is 0 Å². The van der Waals surface area contributed by atoms with Crippen LogP contribution in [0.25, 0.3) is 0 Å². The summed E-state index contributed by atoms with van der Waals surface area (Å²) in [5.74, 6) is 0.542. The molecule has 1 saturated heterocycles. The molecule has 0 spiro atoms. The molecule has 0 aliphatic carbocycles. The maximum absolute atomic E-state index is 12.2. The zero-order valence-corrected chi connectivity index (χ0v) is 12.6. The minimum absolute atomic E-state index is 0.0245. The summed E-state index contributed by atoms with van der Waals surface area (Å²) in [4.78, 5) is 28.8. The van der Waals surface area contributed by atoms with Crippen molar-refractivity contribution in [2.45, 2.75) is 13.0 Å². The summed E-state index contributed by atoms with van der Waals surface area (Å²) in [7, 11) is 0. The Bertz CT molecular complexity index is 707. The summed E-state index contributed by atoms with van der Waals surface area (Å²) in [5, 5.41) is 10.6. The molecule has 0 bridgehead atoms. The maximum Gasteiger partial charge on any atom is 0.269 e. The fourth-order valence-corrected chi connectivity index (χ4v) is 2.94. The minimum atomic E-state index is -0.453. The van der Waals surface area contributed by atoms with Crippen molar-refractivity contribution in [1.82, 2.24) is 9.88 Å². The number of nitro benzene ring substituents is 1. The van der Waals surface area contributed by atoms with Gasteiger partial charge in [-0.05, 0) is 19.1 Å². The van der Waals surface area contributed by atoms with Gasteiger partial charge in [-0.1, -0.05) is 0 Å². The number of aromatic nitrogens is 1. The molecule has 22 heavy (non-hydrogen) atoms. The fraction of sp³-hybridized carbons (Fsp3) is 0.286. The lowest BCUT2D eigenvalue weighted by Crippen LogP contribution is -2.56. The van der Waals surface area contributed by atoms with Crippen molar-refractivity contribution in [3.05, 3.63) is 50.5 Å². The minimum Gasteiger partial charge on any atom is -0.487 e. The molecule has 1 aromatic carbocycles. The van der Waals surface area contributed by atoms with Crippen LogP contribution in [0.4, 0.5) is 5.69 Å². The second kappa shape index (κ2) is 5.72. The highest BCUT2D eigenvalue weighted by atomic mass is 32.1. The summed E-state index contributed by atoms with van der Waals surface area (Å²) in [6.45, 7) is 2.83. The van der Waals surface area contributed by atoms with Crippen molar-refractivity contribution in [3.63, 3.8) is 0 Å². The van der Waals surface area contributed by atoms with Crippen molar-refractivity contribution < 1.29 is 14.5 Å². The molecule has 0 unspecified atom stereocenters. The zero-order chi connectivity index (χ0) is 15.7. The van der Waals surface area contributed by atoms with E-state index in [-0.39, 0.29) is 17.7 Å². The average molecular weight is 319 g/mol. The first-order valence-corrected chi connectivity index (χ1v) is 7.53. The number of carbonyl (C=O) groups is 1. The summed E-state index contributed by atoms with van der Waals surface area (Å²) in [6.07, 6.45) is -0.0846. The lowest BCUT2D eigenvalue weighted by Gasteiger charge is -2.38. The Balaban J connectivity index is 1.54. The van der Waals surface area contributed by atoms with Crippen LogP contribution in [0.5, 0.6) is 5.75 Å². The lowest BCUT2D eigenvalue weighted by atomic mass is 10.1. The van der Waals surface area contributed by atoms with Gasteiger partial charge in [-0.15, -0.1) is 11.3 Å². The number of likely N-dealkylation sites (tertiary alicyclic amines) is 1. The number of hydrogen-bond acceptors (Lipinski definition) is 6. The Morgan fingerprint density at radius 2 is 2.09 bits per heavy atom. The molecule has 1 aliphatic heterocycles. The van der Waals surface area contributed by atoms with Crippen LogP contribution in [0.15, 0.2) is 29.8 Å². The highest BCUT2D eigenvalue weighted by molar-refractivity contribution is 7.11. The van der Waals surface area contributed by atoms with Gasteiger partial charge in [0.2, 0.25) is 0 Å². The van der Waals surface area contributed by atoms with E-state index < -0.39 is 4.92 Å². The first-order valence-electron chi connectivity index (χ1n) is 6.65. The van der Waals surface area contributed by atoms with E-state index >= 15 is 0 Å². The van der Waals surface area contributed by atoms with E-state index in [0.29, 0.717) is 23.7 Å². The Morgan fingerprint density at radius 1 is 1.41 bits per heavy atom. The van der Waals surface area contributed by atoms with Crippen LogP contribution in [0.1, 0.15) is 15.4 Å².